The molecule has 3 aromatic carbocycles. The summed E-state index contributed by atoms with van der Waals surface area (Å²) in [6, 6.07) is 20.3. The zero-order valence-electron chi connectivity index (χ0n) is 23.9. The zero-order valence-corrected chi connectivity index (χ0v) is 23.9. The molecule has 0 bridgehead atoms. The number of nitrogens with one attached hydrogen (secondary N) is 1. The van der Waals surface area contributed by atoms with Crippen LogP contribution in [0, 0.1) is 0 Å². The van der Waals surface area contributed by atoms with Crippen LogP contribution in [-0.4, -0.2) is 59.1 Å². The van der Waals surface area contributed by atoms with Crippen LogP contribution < -0.4 is 10.1 Å². The van der Waals surface area contributed by atoms with Crippen molar-refractivity contribution in [3.8, 4) is 16.9 Å². The predicted octanol–water partition coefficient (Wildman–Crippen LogP) is 6.13. The highest BCUT2D eigenvalue weighted by atomic mass is 16.6. The lowest BCUT2D eigenvalue weighted by Gasteiger charge is -2.40. The summed E-state index contributed by atoms with van der Waals surface area (Å²) in [5, 5.41) is 12.6. The molecule has 3 aliphatic rings. The molecule has 3 aromatic rings. The SMILES string of the molecule is CC(C)(C)OC(=O)N1CCC2(CC(NC(=O)OCC3c4ccccc4-c4ccccc43)c3cc(C(=O)O)ccc3O2)C1. The molecular weight excluding hydrogens is 536 g/mol. The Morgan fingerprint density at radius 2 is 1.67 bits per heavy atom. The summed E-state index contributed by atoms with van der Waals surface area (Å²) in [4.78, 5) is 39.4. The van der Waals surface area contributed by atoms with Gasteiger partial charge >= 0.3 is 18.2 Å². The second-order valence-electron chi connectivity index (χ2n) is 12.2. The fourth-order valence-electron chi connectivity index (χ4n) is 6.29. The lowest BCUT2D eigenvalue weighted by molar-refractivity contribution is 0.0124. The Balaban J connectivity index is 1.21. The summed E-state index contributed by atoms with van der Waals surface area (Å²) in [7, 11) is 0. The molecule has 9 heteroatoms. The maximum Gasteiger partial charge on any atom is 0.410 e. The molecule has 2 aliphatic heterocycles. The molecule has 1 saturated heterocycles. The molecule has 0 aromatic heterocycles. The lowest BCUT2D eigenvalue weighted by atomic mass is 9.86. The van der Waals surface area contributed by atoms with Crippen LogP contribution in [0.4, 0.5) is 9.59 Å². The van der Waals surface area contributed by atoms with Crippen molar-refractivity contribution in [1.82, 2.24) is 10.2 Å². The molecule has 2 heterocycles. The first-order chi connectivity index (χ1) is 20.0. The number of hydrogen-bond acceptors (Lipinski definition) is 6. The van der Waals surface area contributed by atoms with Gasteiger partial charge in [0.1, 0.15) is 23.6 Å². The van der Waals surface area contributed by atoms with Gasteiger partial charge in [-0.1, -0.05) is 48.5 Å². The third kappa shape index (κ3) is 5.26. The van der Waals surface area contributed by atoms with Gasteiger partial charge in [0.25, 0.3) is 0 Å². The van der Waals surface area contributed by atoms with Crippen LogP contribution in [0.1, 0.15) is 72.6 Å². The number of carboxylic acids is 1. The second kappa shape index (κ2) is 10.4. The van der Waals surface area contributed by atoms with E-state index in [0.29, 0.717) is 30.7 Å². The number of fused-ring (bicyclic) bond motifs is 4. The number of amides is 2. The summed E-state index contributed by atoms with van der Waals surface area (Å²) in [6.45, 7) is 6.33. The number of carbonyl (C=O) groups is 3. The molecule has 6 rings (SSSR count). The van der Waals surface area contributed by atoms with Crippen molar-refractivity contribution in [2.24, 2.45) is 0 Å². The summed E-state index contributed by atoms with van der Waals surface area (Å²) in [6.07, 6.45) is -0.148. The van der Waals surface area contributed by atoms with Crippen LogP contribution in [0.15, 0.2) is 66.7 Å². The van der Waals surface area contributed by atoms with Crippen molar-refractivity contribution >= 4 is 18.2 Å². The van der Waals surface area contributed by atoms with Crippen molar-refractivity contribution in [3.63, 3.8) is 0 Å². The van der Waals surface area contributed by atoms with E-state index < -0.39 is 35.4 Å². The number of carboxylic acid groups (broad SMARTS) is 1. The van der Waals surface area contributed by atoms with Crippen LogP contribution in [0.25, 0.3) is 11.1 Å². The second-order valence-corrected chi connectivity index (χ2v) is 12.2. The molecule has 1 fully saturated rings. The smallest absolute Gasteiger partial charge is 0.410 e. The van der Waals surface area contributed by atoms with Crippen molar-refractivity contribution in [3.05, 3.63) is 89.0 Å². The Kier molecular flexibility index (Phi) is 6.83. The van der Waals surface area contributed by atoms with E-state index in [0.717, 1.165) is 22.3 Å². The maximum atomic E-state index is 13.3. The van der Waals surface area contributed by atoms with E-state index in [1.807, 2.05) is 45.0 Å². The van der Waals surface area contributed by atoms with E-state index in [9.17, 15) is 19.5 Å². The van der Waals surface area contributed by atoms with Gasteiger partial charge < -0.3 is 29.5 Å². The monoisotopic (exact) mass is 570 g/mol. The number of hydrogen-bond donors (Lipinski definition) is 2. The number of ether oxygens (including phenoxy) is 3. The molecular formula is C33H34N2O7. The number of alkyl carbamates (subject to hydrolysis) is 1. The first-order valence-corrected chi connectivity index (χ1v) is 14.2. The Morgan fingerprint density at radius 1 is 1.00 bits per heavy atom. The molecule has 2 amide bonds. The fraction of sp³-hybridized carbons (Fsp3) is 0.364. The fourth-order valence-corrected chi connectivity index (χ4v) is 6.29. The molecule has 218 valence electrons. The Morgan fingerprint density at radius 3 is 2.31 bits per heavy atom. The normalized spacial score (nSPS) is 20.7. The van der Waals surface area contributed by atoms with Gasteiger partial charge in [-0.15, -0.1) is 0 Å². The minimum atomic E-state index is -1.07. The molecule has 2 atom stereocenters. The maximum absolute atomic E-state index is 13.3. The quantitative estimate of drug-likeness (QED) is 0.388. The molecule has 1 spiro atoms. The number of benzene rings is 3. The van der Waals surface area contributed by atoms with Crippen molar-refractivity contribution < 1.29 is 33.7 Å². The molecule has 42 heavy (non-hydrogen) atoms. The van der Waals surface area contributed by atoms with Crippen LogP contribution >= 0.6 is 0 Å². The first-order valence-electron chi connectivity index (χ1n) is 14.2. The van der Waals surface area contributed by atoms with E-state index in [-0.39, 0.29) is 24.6 Å². The van der Waals surface area contributed by atoms with Gasteiger partial charge in [-0.3, -0.25) is 0 Å². The van der Waals surface area contributed by atoms with E-state index in [1.54, 1.807) is 11.0 Å². The van der Waals surface area contributed by atoms with Gasteiger partial charge in [0.05, 0.1) is 18.2 Å². The van der Waals surface area contributed by atoms with E-state index >= 15 is 0 Å². The molecule has 2 N–H and O–H groups in total. The van der Waals surface area contributed by atoms with Gasteiger partial charge in [-0.05, 0) is 61.2 Å². The zero-order chi connectivity index (χ0) is 29.6. The predicted molar refractivity (Wildman–Crippen MR) is 155 cm³/mol. The van der Waals surface area contributed by atoms with Gasteiger partial charge in [-0.25, -0.2) is 14.4 Å². The number of rotatable bonds is 4. The topological polar surface area (TPSA) is 114 Å². The third-order valence-corrected chi connectivity index (χ3v) is 8.14. The molecule has 9 nitrogen and oxygen atoms in total. The van der Waals surface area contributed by atoms with Crippen LogP contribution in [-0.2, 0) is 9.47 Å². The number of nitrogens with zero attached hydrogens (tertiary/aromatic N) is 1. The average Bonchev–Trinajstić information content (AvgIpc) is 3.50. The van der Waals surface area contributed by atoms with Gasteiger partial charge in [0.15, 0.2) is 0 Å². The summed E-state index contributed by atoms with van der Waals surface area (Å²) in [5.74, 6) is -0.691. The number of aromatic carboxylic acids is 1. The standard InChI is InChI=1S/C33H34N2O7/c1-32(2,3)42-31(39)35-15-14-33(19-35)17-27(25-16-20(29(36)37)12-13-28(25)41-33)34-30(38)40-18-26-23-10-6-4-8-21(23)22-9-5-7-11-24(22)26/h4-13,16,26-27H,14-15,17-19H2,1-3H3,(H,34,38)(H,36,37). The first kappa shape index (κ1) is 27.6. The highest BCUT2D eigenvalue weighted by Gasteiger charge is 2.48. The van der Waals surface area contributed by atoms with Crippen molar-refractivity contribution in [1.29, 1.82) is 0 Å². The minimum Gasteiger partial charge on any atom is -0.485 e. The van der Waals surface area contributed by atoms with Crippen molar-refractivity contribution in [2.45, 2.75) is 56.8 Å². The minimum absolute atomic E-state index is 0.0905. The number of carbonyl (C=O) groups excluding carboxylic acids is 2. The third-order valence-electron chi connectivity index (χ3n) is 8.14. The van der Waals surface area contributed by atoms with Crippen molar-refractivity contribution in [2.75, 3.05) is 19.7 Å². The largest absolute Gasteiger partial charge is 0.485 e. The van der Waals surface area contributed by atoms with E-state index in [2.05, 4.69) is 29.6 Å². The van der Waals surface area contributed by atoms with E-state index in [1.165, 1.54) is 12.1 Å². The summed E-state index contributed by atoms with van der Waals surface area (Å²) >= 11 is 0. The molecule has 2 unspecified atom stereocenters. The molecule has 0 radical (unpaired) electrons. The molecule has 1 aliphatic carbocycles. The Hall–Kier alpha value is -4.53. The van der Waals surface area contributed by atoms with E-state index in [4.69, 9.17) is 14.2 Å². The Bertz CT molecular complexity index is 1520. The molecule has 0 saturated carbocycles. The van der Waals surface area contributed by atoms with Gasteiger partial charge in [0.2, 0.25) is 0 Å². The average molecular weight is 571 g/mol. The van der Waals surface area contributed by atoms with Crippen LogP contribution in [0.2, 0.25) is 0 Å². The lowest BCUT2D eigenvalue weighted by Crippen LogP contribution is -2.48. The van der Waals surface area contributed by atoms with Crippen LogP contribution in [0.5, 0.6) is 5.75 Å². The summed E-state index contributed by atoms with van der Waals surface area (Å²) in [5.41, 5.74) is 3.75. The van der Waals surface area contributed by atoms with Crippen LogP contribution in [0.3, 0.4) is 0 Å². The van der Waals surface area contributed by atoms with Gasteiger partial charge in [-0.2, -0.15) is 0 Å². The summed E-state index contributed by atoms with van der Waals surface area (Å²) < 4.78 is 17.8. The number of likely N-dealkylation sites (tertiary alicyclic amines) is 1. The Labute approximate surface area is 244 Å². The highest BCUT2D eigenvalue weighted by molar-refractivity contribution is 5.88. The van der Waals surface area contributed by atoms with Gasteiger partial charge in [0, 0.05) is 30.9 Å². The highest BCUT2D eigenvalue weighted by Crippen LogP contribution is 2.46.